The van der Waals surface area contributed by atoms with Gasteiger partial charge < -0.3 is 14.8 Å². The summed E-state index contributed by atoms with van der Waals surface area (Å²) >= 11 is 0. The third-order valence-corrected chi connectivity index (χ3v) is 3.00. The van der Waals surface area contributed by atoms with Crippen molar-refractivity contribution >= 4 is 0 Å². The highest BCUT2D eigenvalue weighted by Gasteiger charge is 2.15. The SMILES string of the molecule is CC(C)(C)NCCCCCOCC1CCOC1. The molecule has 0 aromatic carbocycles. The molecule has 3 heteroatoms. The van der Waals surface area contributed by atoms with Gasteiger partial charge in [0.15, 0.2) is 0 Å². The minimum Gasteiger partial charge on any atom is -0.381 e. The van der Waals surface area contributed by atoms with Crippen molar-refractivity contribution in [1.82, 2.24) is 5.32 Å². The molecule has 0 bridgehead atoms. The Morgan fingerprint density at radius 3 is 2.71 bits per heavy atom. The first-order valence-electron chi connectivity index (χ1n) is 6.98. The predicted molar refractivity (Wildman–Crippen MR) is 71.4 cm³/mol. The molecule has 0 saturated carbocycles. The van der Waals surface area contributed by atoms with Crippen molar-refractivity contribution < 1.29 is 9.47 Å². The minimum atomic E-state index is 0.249. The van der Waals surface area contributed by atoms with Gasteiger partial charge in [-0.3, -0.25) is 0 Å². The lowest BCUT2D eigenvalue weighted by Crippen LogP contribution is -2.36. The van der Waals surface area contributed by atoms with Crippen LogP contribution in [0.25, 0.3) is 0 Å². The fourth-order valence-corrected chi connectivity index (χ4v) is 1.93. The molecule has 17 heavy (non-hydrogen) atoms. The summed E-state index contributed by atoms with van der Waals surface area (Å²) in [5, 5.41) is 3.50. The van der Waals surface area contributed by atoms with Crippen molar-refractivity contribution in [2.24, 2.45) is 5.92 Å². The predicted octanol–water partition coefficient (Wildman–Crippen LogP) is 2.60. The van der Waals surface area contributed by atoms with E-state index in [1.807, 2.05) is 0 Å². The van der Waals surface area contributed by atoms with Gasteiger partial charge in [0.25, 0.3) is 0 Å². The highest BCUT2D eigenvalue weighted by Crippen LogP contribution is 2.12. The van der Waals surface area contributed by atoms with Crippen LogP contribution in [0.1, 0.15) is 46.5 Å². The minimum absolute atomic E-state index is 0.249. The Morgan fingerprint density at radius 1 is 1.24 bits per heavy atom. The van der Waals surface area contributed by atoms with Crippen molar-refractivity contribution in [3.05, 3.63) is 0 Å². The van der Waals surface area contributed by atoms with E-state index in [1.165, 1.54) is 25.7 Å². The molecule has 1 unspecified atom stereocenters. The summed E-state index contributed by atoms with van der Waals surface area (Å²) in [5.41, 5.74) is 0.249. The molecule has 0 amide bonds. The Balaban J connectivity index is 1.78. The molecule has 0 aliphatic carbocycles. The number of nitrogens with one attached hydrogen (secondary N) is 1. The molecule has 1 atom stereocenters. The van der Waals surface area contributed by atoms with Gasteiger partial charge in [-0.25, -0.2) is 0 Å². The summed E-state index contributed by atoms with van der Waals surface area (Å²) in [5.74, 6) is 0.651. The van der Waals surface area contributed by atoms with Gasteiger partial charge in [0.1, 0.15) is 0 Å². The molecule has 102 valence electrons. The van der Waals surface area contributed by atoms with Gasteiger partial charge >= 0.3 is 0 Å². The van der Waals surface area contributed by atoms with Crippen LogP contribution < -0.4 is 5.32 Å². The first kappa shape index (κ1) is 14.9. The Morgan fingerprint density at radius 2 is 2.06 bits per heavy atom. The van der Waals surface area contributed by atoms with Crippen molar-refractivity contribution in [1.29, 1.82) is 0 Å². The summed E-state index contributed by atoms with van der Waals surface area (Å²) in [4.78, 5) is 0. The van der Waals surface area contributed by atoms with Crippen molar-refractivity contribution in [2.75, 3.05) is 33.0 Å². The standard InChI is InChI=1S/C14H29NO2/c1-14(2,3)15-8-5-4-6-9-16-11-13-7-10-17-12-13/h13,15H,4-12H2,1-3H3. The van der Waals surface area contributed by atoms with Crippen LogP contribution in [-0.4, -0.2) is 38.5 Å². The first-order chi connectivity index (χ1) is 8.08. The Bertz CT molecular complexity index is 183. The third-order valence-electron chi connectivity index (χ3n) is 3.00. The van der Waals surface area contributed by atoms with Crippen LogP contribution in [0.5, 0.6) is 0 Å². The van der Waals surface area contributed by atoms with E-state index in [0.29, 0.717) is 5.92 Å². The second-order valence-corrected chi connectivity index (χ2v) is 6.04. The Labute approximate surface area is 106 Å². The second-order valence-electron chi connectivity index (χ2n) is 6.04. The van der Waals surface area contributed by atoms with Crippen LogP contribution in [0.15, 0.2) is 0 Å². The van der Waals surface area contributed by atoms with E-state index in [1.54, 1.807) is 0 Å². The molecule has 0 aromatic rings. The van der Waals surface area contributed by atoms with E-state index >= 15 is 0 Å². The molecule has 1 saturated heterocycles. The molecule has 1 fully saturated rings. The van der Waals surface area contributed by atoms with Gasteiger partial charge in [-0.05, 0) is 53.0 Å². The van der Waals surface area contributed by atoms with Crippen molar-refractivity contribution in [2.45, 2.75) is 52.0 Å². The molecular formula is C14H29NO2. The zero-order chi connectivity index (χ0) is 12.6. The van der Waals surface area contributed by atoms with Gasteiger partial charge in [-0.15, -0.1) is 0 Å². The molecule has 0 radical (unpaired) electrons. The first-order valence-corrected chi connectivity index (χ1v) is 6.98. The molecule has 0 spiro atoms. The summed E-state index contributed by atoms with van der Waals surface area (Å²) in [7, 11) is 0. The largest absolute Gasteiger partial charge is 0.381 e. The van der Waals surface area contributed by atoms with Crippen molar-refractivity contribution in [3.63, 3.8) is 0 Å². The summed E-state index contributed by atoms with van der Waals surface area (Å²) < 4.78 is 11.0. The average Bonchev–Trinajstić information content (AvgIpc) is 2.73. The summed E-state index contributed by atoms with van der Waals surface area (Å²) in [6.45, 7) is 11.4. The van der Waals surface area contributed by atoms with Crippen LogP contribution in [0.4, 0.5) is 0 Å². The van der Waals surface area contributed by atoms with Crippen LogP contribution in [0.2, 0.25) is 0 Å². The molecule has 1 rings (SSSR count). The number of rotatable bonds is 8. The number of ether oxygens (including phenoxy) is 2. The normalized spacial score (nSPS) is 21.0. The molecule has 1 heterocycles. The monoisotopic (exact) mass is 243 g/mol. The van der Waals surface area contributed by atoms with Gasteiger partial charge in [0, 0.05) is 24.7 Å². The van der Waals surface area contributed by atoms with Gasteiger partial charge in [0.05, 0.1) is 13.2 Å². The fraction of sp³-hybridized carbons (Fsp3) is 1.00. The zero-order valence-electron chi connectivity index (χ0n) is 11.8. The van der Waals surface area contributed by atoms with E-state index in [2.05, 4.69) is 26.1 Å². The molecule has 1 aliphatic heterocycles. The molecular weight excluding hydrogens is 214 g/mol. The fourth-order valence-electron chi connectivity index (χ4n) is 1.93. The van der Waals surface area contributed by atoms with Crippen LogP contribution in [0.3, 0.4) is 0 Å². The molecule has 3 nitrogen and oxygen atoms in total. The number of hydrogen-bond donors (Lipinski definition) is 1. The van der Waals surface area contributed by atoms with Gasteiger partial charge in [-0.2, -0.15) is 0 Å². The van der Waals surface area contributed by atoms with E-state index in [4.69, 9.17) is 9.47 Å². The Kier molecular flexibility index (Phi) is 7.09. The molecule has 1 aliphatic rings. The lowest BCUT2D eigenvalue weighted by molar-refractivity contribution is 0.0871. The highest BCUT2D eigenvalue weighted by molar-refractivity contribution is 4.69. The van der Waals surface area contributed by atoms with E-state index in [9.17, 15) is 0 Å². The number of unbranched alkanes of at least 4 members (excludes halogenated alkanes) is 2. The topological polar surface area (TPSA) is 30.5 Å². The van der Waals surface area contributed by atoms with Gasteiger partial charge in [-0.1, -0.05) is 0 Å². The Hall–Kier alpha value is -0.120. The zero-order valence-corrected chi connectivity index (χ0v) is 11.8. The maximum absolute atomic E-state index is 5.66. The summed E-state index contributed by atoms with van der Waals surface area (Å²) in [6.07, 6.45) is 4.85. The van der Waals surface area contributed by atoms with E-state index in [0.717, 1.165) is 33.0 Å². The smallest absolute Gasteiger partial charge is 0.0517 e. The van der Waals surface area contributed by atoms with Gasteiger partial charge in [0.2, 0.25) is 0 Å². The van der Waals surface area contributed by atoms with E-state index in [-0.39, 0.29) is 5.54 Å². The molecule has 0 aromatic heterocycles. The maximum Gasteiger partial charge on any atom is 0.0517 e. The van der Waals surface area contributed by atoms with Crippen LogP contribution >= 0.6 is 0 Å². The van der Waals surface area contributed by atoms with Crippen molar-refractivity contribution in [3.8, 4) is 0 Å². The van der Waals surface area contributed by atoms with Crippen LogP contribution in [-0.2, 0) is 9.47 Å². The maximum atomic E-state index is 5.66. The average molecular weight is 243 g/mol. The lowest BCUT2D eigenvalue weighted by Gasteiger charge is -2.20. The highest BCUT2D eigenvalue weighted by atomic mass is 16.5. The second kappa shape index (κ2) is 8.06. The molecule has 1 N–H and O–H groups in total. The number of hydrogen-bond acceptors (Lipinski definition) is 3. The quantitative estimate of drug-likeness (QED) is 0.665. The summed E-state index contributed by atoms with van der Waals surface area (Å²) in [6, 6.07) is 0. The van der Waals surface area contributed by atoms with Crippen LogP contribution in [0, 0.1) is 5.92 Å². The van der Waals surface area contributed by atoms with E-state index < -0.39 is 0 Å². The lowest BCUT2D eigenvalue weighted by atomic mass is 10.1. The third kappa shape index (κ3) is 8.58.